The number of aryl methyl sites for hydroxylation is 1. The van der Waals surface area contributed by atoms with E-state index >= 15 is 0 Å². The van der Waals surface area contributed by atoms with E-state index in [1.165, 1.54) is 6.33 Å². The second-order valence-corrected chi connectivity index (χ2v) is 3.84. The van der Waals surface area contributed by atoms with Crippen molar-refractivity contribution in [2.75, 3.05) is 0 Å². The third-order valence-corrected chi connectivity index (χ3v) is 2.76. The fraction of sp³-hybridized carbons (Fsp3) is 0.250. The molecule has 2 rings (SSSR count). The first-order valence-corrected chi connectivity index (χ1v) is 5.06. The number of fused-ring (bicyclic) bond motifs is 1. The van der Waals surface area contributed by atoms with E-state index in [9.17, 15) is 0 Å². The molecule has 0 saturated heterocycles. The Labute approximate surface area is 88.9 Å². The Hall–Kier alpha value is -0.610. The number of rotatable bonds is 1. The Morgan fingerprint density at radius 3 is 3.00 bits per heavy atom. The molecule has 0 aliphatic rings. The summed E-state index contributed by atoms with van der Waals surface area (Å²) >= 11 is 9.38. The fourth-order valence-corrected chi connectivity index (χ4v) is 2.08. The maximum Gasteiger partial charge on any atom is 0.156 e. The molecule has 0 saturated carbocycles. The molecule has 0 spiro atoms. The van der Waals surface area contributed by atoms with E-state index in [2.05, 4.69) is 32.8 Å². The summed E-state index contributed by atoms with van der Waals surface area (Å²) in [6, 6.07) is 0. The molecule has 0 atom stereocenters. The average Bonchev–Trinajstić information content (AvgIpc) is 2.45. The molecule has 0 bridgehead atoms. The van der Waals surface area contributed by atoms with Crippen molar-refractivity contribution in [3.63, 3.8) is 0 Å². The van der Waals surface area contributed by atoms with E-state index in [1.54, 1.807) is 0 Å². The Kier molecular flexibility index (Phi) is 2.26. The van der Waals surface area contributed by atoms with Crippen LogP contribution in [0, 0.1) is 0 Å². The van der Waals surface area contributed by atoms with Gasteiger partial charge in [0.1, 0.15) is 17.4 Å². The van der Waals surface area contributed by atoms with E-state index in [0.717, 1.165) is 22.1 Å². The second kappa shape index (κ2) is 3.27. The zero-order valence-corrected chi connectivity index (χ0v) is 9.30. The van der Waals surface area contributed by atoms with Gasteiger partial charge in [-0.1, -0.05) is 11.6 Å². The van der Waals surface area contributed by atoms with E-state index in [-0.39, 0.29) is 0 Å². The predicted molar refractivity (Wildman–Crippen MR) is 55.9 cm³/mol. The molecule has 0 radical (unpaired) electrons. The standard InChI is InChI=1S/C8H7BrClN3/c1-2-13-3-5(9)6-7(13)8(10)12-4-11-6/h3-4H,2H2,1H3. The average molecular weight is 261 g/mol. The Balaban J connectivity index is 2.89. The maximum atomic E-state index is 5.96. The number of hydrogen-bond acceptors (Lipinski definition) is 2. The minimum Gasteiger partial charge on any atom is -0.343 e. The second-order valence-electron chi connectivity index (χ2n) is 2.62. The highest BCUT2D eigenvalue weighted by Crippen LogP contribution is 2.27. The lowest BCUT2D eigenvalue weighted by Crippen LogP contribution is -1.93. The summed E-state index contributed by atoms with van der Waals surface area (Å²) in [5, 5.41) is 0.498. The SMILES string of the molecule is CCn1cc(Br)c2ncnc(Cl)c21. The van der Waals surface area contributed by atoms with E-state index in [1.807, 2.05) is 10.8 Å². The van der Waals surface area contributed by atoms with Crippen molar-refractivity contribution < 1.29 is 0 Å². The Morgan fingerprint density at radius 2 is 2.31 bits per heavy atom. The van der Waals surface area contributed by atoms with E-state index in [0.29, 0.717) is 5.15 Å². The number of nitrogens with zero attached hydrogens (tertiary/aromatic N) is 3. The van der Waals surface area contributed by atoms with Crippen LogP contribution in [-0.2, 0) is 6.54 Å². The Bertz CT molecular complexity index is 452. The molecule has 13 heavy (non-hydrogen) atoms. The first-order valence-electron chi connectivity index (χ1n) is 3.89. The summed E-state index contributed by atoms with van der Waals surface area (Å²) in [4.78, 5) is 8.09. The quantitative estimate of drug-likeness (QED) is 0.738. The van der Waals surface area contributed by atoms with Crippen LogP contribution in [0.5, 0.6) is 0 Å². The molecular formula is C8H7BrClN3. The lowest BCUT2D eigenvalue weighted by atomic mass is 10.4. The van der Waals surface area contributed by atoms with Gasteiger partial charge < -0.3 is 4.57 Å². The first-order chi connectivity index (χ1) is 6.24. The topological polar surface area (TPSA) is 30.7 Å². The van der Waals surface area contributed by atoms with Gasteiger partial charge in [0.05, 0.1) is 4.47 Å². The minimum absolute atomic E-state index is 0.498. The van der Waals surface area contributed by atoms with Gasteiger partial charge in [-0.05, 0) is 22.9 Å². The summed E-state index contributed by atoms with van der Waals surface area (Å²) in [5.41, 5.74) is 1.75. The molecule has 0 unspecified atom stereocenters. The highest BCUT2D eigenvalue weighted by molar-refractivity contribution is 9.10. The van der Waals surface area contributed by atoms with Crippen LogP contribution in [0.15, 0.2) is 17.0 Å². The third kappa shape index (κ3) is 1.34. The zero-order chi connectivity index (χ0) is 9.42. The molecule has 2 aromatic rings. The number of halogens is 2. The summed E-state index contributed by atoms with van der Waals surface area (Å²) < 4.78 is 2.97. The first kappa shape index (κ1) is 8.97. The van der Waals surface area contributed by atoms with Crippen LogP contribution in [0.1, 0.15) is 6.92 Å². The van der Waals surface area contributed by atoms with Gasteiger partial charge in [-0.25, -0.2) is 9.97 Å². The maximum absolute atomic E-state index is 5.96. The van der Waals surface area contributed by atoms with Crippen molar-refractivity contribution in [1.29, 1.82) is 0 Å². The summed E-state index contributed by atoms with van der Waals surface area (Å²) in [6.45, 7) is 2.91. The molecule has 0 aliphatic heterocycles. The molecule has 0 aromatic carbocycles. The largest absolute Gasteiger partial charge is 0.343 e. The monoisotopic (exact) mass is 259 g/mol. The van der Waals surface area contributed by atoms with Crippen LogP contribution in [0.3, 0.4) is 0 Å². The normalized spacial score (nSPS) is 11.0. The van der Waals surface area contributed by atoms with Gasteiger partial charge in [0.25, 0.3) is 0 Å². The summed E-state index contributed by atoms with van der Waals surface area (Å²) in [6.07, 6.45) is 3.43. The van der Waals surface area contributed by atoms with Crippen molar-refractivity contribution >= 4 is 38.6 Å². The minimum atomic E-state index is 0.498. The third-order valence-electron chi connectivity index (χ3n) is 1.90. The smallest absolute Gasteiger partial charge is 0.156 e. The van der Waals surface area contributed by atoms with Gasteiger partial charge in [-0.2, -0.15) is 0 Å². The molecule has 3 nitrogen and oxygen atoms in total. The van der Waals surface area contributed by atoms with Crippen LogP contribution < -0.4 is 0 Å². The molecule has 0 N–H and O–H groups in total. The zero-order valence-electron chi connectivity index (χ0n) is 6.96. The van der Waals surface area contributed by atoms with Crippen molar-refractivity contribution in [3.8, 4) is 0 Å². The lowest BCUT2D eigenvalue weighted by Gasteiger charge is -1.99. The van der Waals surface area contributed by atoms with Gasteiger partial charge in [-0.3, -0.25) is 0 Å². The van der Waals surface area contributed by atoms with Crippen molar-refractivity contribution in [3.05, 3.63) is 22.1 Å². The number of aromatic nitrogens is 3. The van der Waals surface area contributed by atoms with Gasteiger partial charge in [0, 0.05) is 12.7 Å². The molecular weight excluding hydrogens is 253 g/mol. The number of hydrogen-bond donors (Lipinski definition) is 0. The molecule has 2 heterocycles. The molecule has 0 aliphatic carbocycles. The van der Waals surface area contributed by atoms with Crippen molar-refractivity contribution in [2.24, 2.45) is 0 Å². The van der Waals surface area contributed by atoms with Crippen LogP contribution >= 0.6 is 27.5 Å². The highest BCUT2D eigenvalue weighted by Gasteiger charge is 2.10. The molecule has 0 amide bonds. The van der Waals surface area contributed by atoms with Crippen molar-refractivity contribution in [1.82, 2.24) is 14.5 Å². The van der Waals surface area contributed by atoms with Gasteiger partial charge in [-0.15, -0.1) is 0 Å². The van der Waals surface area contributed by atoms with Gasteiger partial charge in [0.15, 0.2) is 5.15 Å². The highest BCUT2D eigenvalue weighted by atomic mass is 79.9. The molecule has 2 aromatic heterocycles. The molecule has 68 valence electrons. The molecule has 5 heteroatoms. The van der Waals surface area contributed by atoms with Gasteiger partial charge >= 0.3 is 0 Å². The van der Waals surface area contributed by atoms with Crippen molar-refractivity contribution in [2.45, 2.75) is 13.5 Å². The summed E-state index contributed by atoms with van der Waals surface area (Å²) in [7, 11) is 0. The lowest BCUT2D eigenvalue weighted by molar-refractivity contribution is 0.794. The van der Waals surface area contributed by atoms with Crippen LogP contribution in [0.4, 0.5) is 0 Å². The van der Waals surface area contributed by atoms with Crippen LogP contribution in [-0.4, -0.2) is 14.5 Å². The van der Waals surface area contributed by atoms with Gasteiger partial charge in [0.2, 0.25) is 0 Å². The van der Waals surface area contributed by atoms with E-state index < -0.39 is 0 Å². The predicted octanol–water partition coefficient (Wildman–Crippen LogP) is 2.87. The summed E-state index contributed by atoms with van der Waals surface area (Å²) in [5.74, 6) is 0. The van der Waals surface area contributed by atoms with Crippen LogP contribution in [0.25, 0.3) is 11.0 Å². The van der Waals surface area contributed by atoms with E-state index in [4.69, 9.17) is 11.6 Å². The Morgan fingerprint density at radius 1 is 1.54 bits per heavy atom. The van der Waals surface area contributed by atoms with Crippen LogP contribution in [0.2, 0.25) is 5.15 Å². The fourth-order valence-electron chi connectivity index (χ4n) is 1.30. The molecule has 0 fully saturated rings.